The largest absolute Gasteiger partial charge is 0.506 e. The lowest BCUT2D eigenvalue weighted by atomic mass is 9.93. The van der Waals surface area contributed by atoms with E-state index in [2.05, 4.69) is 0 Å². The van der Waals surface area contributed by atoms with E-state index in [1.807, 2.05) is 0 Å². The van der Waals surface area contributed by atoms with Crippen molar-refractivity contribution in [1.82, 2.24) is 0 Å². The van der Waals surface area contributed by atoms with Gasteiger partial charge < -0.3 is 23.1 Å². The van der Waals surface area contributed by atoms with Gasteiger partial charge in [-0.15, -0.1) is 0 Å². The summed E-state index contributed by atoms with van der Waals surface area (Å²) in [5, 5.41) is 28.1. The molecule has 0 aromatic rings. The highest BCUT2D eigenvalue weighted by molar-refractivity contribution is 14.1. The van der Waals surface area contributed by atoms with Crippen molar-refractivity contribution in [2.45, 2.75) is 24.3 Å². The standard InChI is InChI=1S/C6H9BI2O5/c7-5-1(10)4(14-9)3(13-5)2(11)6(8)12/h1,3-5,10-12H,7H2/b6-2+/t1-,3-,4+,5-/m1/s1. The Kier molecular flexibility index (Phi) is 4.75. The maximum absolute atomic E-state index is 9.59. The predicted molar refractivity (Wildman–Crippen MR) is 68.4 cm³/mol. The number of aliphatic hydroxyl groups excluding tert-OH is 3. The molecule has 1 heterocycles. The summed E-state index contributed by atoms with van der Waals surface area (Å²) in [6, 6.07) is -0.433. The first kappa shape index (κ1) is 12.8. The van der Waals surface area contributed by atoms with Crippen LogP contribution in [0.1, 0.15) is 0 Å². The molecular weight excluding hydrogens is 417 g/mol. The smallest absolute Gasteiger partial charge is 0.194 e. The van der Waals surface area contributed by atoms with Crippen LogP contribution in [0.2, 0.25) is 0 Å². The summed E-state index contributed by atoms with van der Waals surface area (Å²) >= 11 is 3.19. The molecule has 0 bridgehead atoms. The second kappa shape index (κ2) is 5.19. The first-order valence-electron chi connectivity index (χ1n) is 3.87. The fourth-order valence-corrected chi connectivity index (χ4v) is 2.15. The highest BCUT2D eigenvalue weighted by atomic mass is 127. The number of hydrogen-bond acceptors (Lipinski definition) is 5. The van der Waals surface area contributed by atoms with Crippen molar-refractivity contribution < 1.29 is 23.1 Å². The van der Waals surface area contributed by atoms with E-state index in [-0.39, 0.29) is 9.53 Å². The normalized spacial score (nSPS) is 39.6. The zero-order chi connectivity index (χ0) is 10.9. The van der Waals surface area contributed by atoms with Crippen LogP contribution >= 0.6 is 45.6 Å². The Labute approximate surface area is 110 Å². The molecule has 1 aliphatic rings. The van der Waals surface area contributed by atoms with E-state index in [1.165, 1.54) is 0 Å². The summed E-state index contributed by atoms with van der Waals surface area (Å²) in [5.74, 6) is -0.310. The molecule has 0 spiro atoms. The van der Waals surface area contributed by atoms with Crippen LogP contribution in [0.4, 0.5) is 0 Å². The van der Waals surface area contributed by atoms with E-state index in [4.69, 9.17) is 12.9 Å². The minimum Gasteiger partial charge on any atom is -0.506 e. The molecule has 0 saturated carbocycles. The van der Waals surface area contributed by atoms with Gasteiger partial charge in [-0.2, -0.15) is 0 Å². The third-order valence-corrected chi connectivity index (χ3v) is 3.20. The summed E-state index contributed by atoms with van der Waals surface area (Å²) in [5.41, 5.74) is 0. The van der Waals surface area contributed by atoms with E-state index in [1.54, 1.807) is 53.4 Å². The third-order valence-electron chi connectivity index (χ3n) is 2.06. The zero-order valence-electron chi connectivity index (χ0n) is 7.22. The van der Waals surface area contributed by atoms with Gasteiger partial charge in [0.15, 0.2) is 9.53 Å². The Hall–Kier alpha value is 0.745. The van der Waals surface area contributed by atoms with Gasteiger partial charge in [0.2, 0.25) is 0 Å². The van der Waals surface area contributed by atoms with Gasteiger partial charge in [-0.1, -0.05) is 0 Å². The molecule has 14 heavy (non-hydrogen) atoms. The lowest BCUT2D eigenvalue weighted by Gasteiger charge is -2.16. The van der Waals surface area contributed by atoms with E-state index in [0.717, 1.165) is 0 Å². The summed E-state index contributed by atoms with van der Waals surface area (Å²) in [7, 11) is 1.67. The van der Waals surface area contributed by atoms with Crippen molar-refractivity contribution in [2.24, 2.45) is 0 Å². The van der Waals surface area contributed by atoms with Crippen LogP contribution in [0.5, 0.6) is 0 Å². The highest BCUT2D eigenvalue weighted by Crippen LogP contribution is 2.29. The number of rotatable bonds is 2. The van der Waals surface area contributed by atoms with Crippen molar-refractivity contribution >= 4 is 53.4 Å². The van der Waals surface area contributed by atoms with Gasteiger partial charge in [0, 0.05) is 22.6 Å². The number of ether oxygens (including phenoxy) is 1. The van der Waals surface area contributed by atoms with Crippen LogP contribution < -0.4 is 0 Å². The van der Waals surface area contributed by atoms with Crippen LogP contribution in [0.15, 0.2) is 9.53 Å². The van der Waals surface area contributed by atoms with Crippen molar-refractivity contribution in [3.8, 4) is 0 Å². The second-order valence-electron chi connectivity index (χ2n) is 2.98. The van der Waals surface area contributed by atoms with E-state index < -0.39 is 24.3 Å². The average molecular weight is 426 g/mol. The fourth-order valence-electron chi connectivity index (χ4n) is 1.27. The molecular formula is C6H9BI2O5. The summed E-state index contributed by atoms with van der Waals surface area (Å²) in [4.78, 5) is 0. The van der Waals surface area contributed by atoms with Gasteiger partial charge in [-0.25, -0.2) is 0 Å². The Morgan fingerprint density at radius 1 is 1.43 bits per heavy atom. The topological polar surface area (TPSA) is 79.2 Å². The Balaban J connectivity index is 2.85. The van der Waals surface area contributed by atoms with Gasteiger partial charge in [0.25, 0.3) is 0 Å². The van der Waals surface area contributed by atoms with E-state index in [9.17, 15) is 10.2 Å². The summed E-state index contributed by atoms with van der Waals surface area (Å²) in [6.45, 7) is 0. The molecule has 1 aliphatic heterocycles. The Bertz CT molecular complexity index is 244. The molecule has 0 aromatic carbocycles. The molecule has 0 amide bonds. The Morgan fingerprint density at radius 3 is 2.43 bits per heavy atom. The first-order valence-corrected chi connectivity index (χ1v) is 5.83. The third kappa shape index (κ3) is 2.46. The molecule has 0 aliphatic carbocycles. The van der Waals surface area contributed by atoms with Crippen LogP contribution in [-0.4, -0.2) is 47.5 Å². The van der Waals surface area contributed by atoms with Crippen molar-refractivity contribution in [3.63, 3.8) is 0 Å². The van der Waals surface area contributed by atoms with Crippen molar-refractivity contribution in [1.29, 1.82) is 0 Å². The molecule has 1 rings (SSSR count). The van der Waals surface area contributed by atoms with Crippen molar-refractivity contribution in [3.05, 3.63) is 9.53 Å². The summed E-state index contributed by atoms with van der Waals surface area (Å²) < 4.78 is 9.95. The lowest BCUT2D eigenvalue weighted by molar-refractivity contribution is 0.0471. The van der Waals surface area contributed by atoms with Gasteiger partial charge in [-0.3, -0.25) is 0 Å². The summed E-state index contributed by atoms with van der Waals surface area (Å²) in [6.07, 6.45) is -2.29. The average Bonchev–Trinajstić information content (AvgIpc) is 2.41. The molecule has 0 aromatic heterocycles. The maximum Gasteiger partial charge on any atom is 0.194 e. The predicted octanol–water partition coefficient (Wildman–Crippen LogP) is 0.161. The SMILES string of the molecule is B[C@@H]1O[C@H](/C(O)=C(\O)I)[C@@H](OI)[C@H]1O. The zero-order valence-corrected chi connectivity index (χ0v) is 11.5. The molecule has 8 heteroatoms. The lowest BCUT2D eigenvalue weighted by Crippen LogP contribution is -2.34. The van der Waals surface area contributed by atoms with Gasteiger partial charge in [-0.05, 0) is 0 Å². The quantitative estimate of drug-likeness (QED) is 0.334. The minimum atomic E-state index is -0.811. The van der Waals surface area contributed by atoms with Gasteiger partial charge >= 0.3 is 0 Å². The second-order valence-corrected chi connectivity index (χ2v) is 4.51. The van der Waals surface area contributed by atoms with Crippen LogP contribution in [0.25, 0.3) is 0 Å². The molecule has 1 fully saturated rings. The first-order chi connectivity index (χ1) is 6.49. The molecule has 0 unspecified atom stereocenters. The number of hydrogen-bond donors (Lipinski definition) is 3. The fraction of sp³-hybridized carbons (Fsp3) is 0.667. The molecule has 3 N–H and O–H groups in total. The Morgan fingerprint density at radius 2 is 2.00 bits per heavy atom. The minimum absolute atomic E-state index is 0.257. The number of aliphatic hydroxyl groups is 3. The molecule has 0 radical (unpaired) electrons. The van der Waals surface area contributed by atoms with Gasteiger partial charge in [0.05, 0.1) is 6.00 Å². The van der Waals surface area contributed by atoms with Crippen molar-refractivity contribution in [2.75, 3.05) is 0 Å². The maximum atomic E-state index is 9.59. The highest BCUT2D eigenvalue weighted by Gasteiger charge is 2.45. The van der Waals surface area contributed by atoms with Crippen LogP contribution in [-0.2, 0) is 7.80 Å². The van der Waals surface area contributed by atoms with E-state index in [0.29, 0.717) is 0 Å². The van der Waals surface area contributed by atoms with Crippen LogP contribution in [0.3, 0.4) is 0 Å². The van der Waals surface area contributed by atoms with Crippen LogP contribution in [0, 0.1) is 0 Å². The molecule has 80 valence electrons. The number of halogens is 2. The van der Waals surface area contributed by atoms with E-state index >= 15 is 0 Å². The van der Waals surface area contributed by atoms with Gasteiger partial charge in [0.1, 0.15) is 49.2 Å². The molecule has 1 saturated heterocycles. The monoisotopic (exact) mass is 426 g/mol. The molecule has 5 nitrogen and oxygen atoms in total. The molecule has 4 atom stereocenters.